The van der Waals surface area contributed by atoms with Crippen LogP contribution in [0.3, 0.4) is 0 Å². The highest BCUT2D eigenvalue weighted by Gasteiger charge is 2.10. The smallest absolute Gasteiger partial charge is 0.224 e. The molecule has 3 nitrogen and oxygen atoms in total. The van der Waals surface area contributed by atoms with Gasteiger partial charge in [-0.15, -0.1) is 22.9 Å². The molecule has 0 saturated carbocycles. The van der Waals surface area contributed by atoms with E-state index in [0.717, 1.165) is 5.01 Å². The highest BCUT2D eigenvalue weighted by Crippen LogP contribution is 2.04. The average molecular weight is 219 g/mol. The van der Waals surface area contributed by atoms with Crippen molar-refractivity contribution in [3.05, 3.63) is 16.6 Å². The zero-order valence-corrected chi connectivity index (χ0v) is 8.86. The van der Waals surface area contributed by atoms with E-state index in [1.807, 2.05) is 5.38 Å². The molecular weight excluding hydrogens is 208 g/mol. The summed E-state index contributed by atoms with van der Waals surface area (Å²) in [6.07, 6.45) is 1.72. The summed E-state index contributed by atoms with van der Waals surface area (Å²) in [5.74, 6) is 0.191. The lowest BCUT2D eigenvalue weighted by atomic mass is 10.2. The van der Waals surface area contributed by atoms with Crippen molar-refractivity contribution >= 4 is 28.8 Å². The van der Waals surface area contributed by atoms with Gasteiger partial charge in [-0.1, -0.05) is 6.92 Å². The van der Waals surface area contributed by atoms with Crippen LogP contribution in [-0.2, 0) is 11.3 Å². The number of aromatic nitrogens is 1. The number of carbonyl (C=O) groups excluding carboxylic acids is 1. The van der Waals surface area contributed by atoms with E-state index in [2.05, 4.69) is 10.3 Å². The number of rotatable bonds is 4. The fourth-order valence-corrected chi connectivity index (χ4v) is 1.44. The van der Waals surface area contributed by atoms with Crippen molar-refractivity contribution in [2.45, 2.75) is 13.5 Å². The van der Waals surface area contributed by atoms with Gasteiger partial charge < -0.3 is 5.32 Å². The molecule has 1 heterocycles. The predicted octanol–water partition coefficient (Wildman–Crippen LogP) is 1.63. The molecule has 72 valence electrons. The van der Waals surface area contributed by atoms with Gasteiger partial charge in [-0.05, 0) is 0 Å². The number of thiazole rings is 1. The summed E-state index contributed by atoms with van der Waals surface area (Å²) in [5.41, 5.74) is 0. The summed E-state index contributed by atoms with van der Waals surface area (Å²) >= 11 is 7.06. The first kappa shape index (κ1) is 10.5. The van der Waals surface area contributed by atoms with E-state index in [-0.39, 0.29) is 11.8 Å². The summed E-state index contributed by atoms with van der Waals surface area (Å²) in [5, 5.41) is 5.55. The maximum atomic E-state index is 11.3. The fraction of sp³-hybridized carbons (Fsp3) is 0.500. The Balaban J connectivity index is 2.31. The van der Waals surface area contributed by atoms with Gasteiger partial charge in [-0.2, -0.15) is 0 Å². The molecule has 0 aliphatic carbocycles. The molecule has 1 aromatic heterocycles. The van der Waals surface area contributed by atoms with Crippen LogP contribution in [0.4, 0.5) is 0 Å². The van der Waals surface area contributed by atoms with Crippen molar-refractivity contribution in [1.82, 2.24) is 10.3 Å². The molecule has 0 aliphatic heterocycles. The first-order valence-corrected chi connectivity index (χ1v) is 5.37. The minimum Gasteiger partial charge on any atom is -0.349 e. The predicted molar refractivity (Wildman–Crippen MR) is 53.8 cm³/mol. The lowest BCUT2D eigenvalue weighted by molar-refractivity contribution is -0.124. The highest BCUT2D eigenvalue weighted by molar-refractivity contribution is 7.09. The average Bonchev–Trinajstić information content (AvgIpc) is 2.65. The zero-order valence-electron chi connectivity index (χ0n) is 7.29. The Morgan fingerprint density at radius 3 is 3.15 bits per heavy atom. The van der Waals surface area contributed by atoms with Crippen LogP contribution in [-0.4, -0.2) is 16.8 Å². The third-order valence-corrected chi connectivity index (χ3v) is 2.82. The Kier molecular flexibility index (Phi) is 4.18. The van der Waals surface area contributed by atoms with E-state index in [1.165, 1.54) is 11.3 Å². The molecule has 0 aromatic carbocycles. The van der Waals surface area contributed by atoms with Gasteiger partial charge in [0.2, 0.25) is 5.91 Å². The molecule has 1 amide bonds. The van der Waals surface area contributed by atoms with Gasteiger partial charge >= 0.3 is 0 Å². The van der Waals surface area contributed by atoms with Crippen LogP contribution in [0.15, 0.2) is 11.6 Å². The van der Waals surface area contributed by atoms with E-state index < -0.39 is 0 Å². The van der Waals surface area contributed by atoms with Gasteiger partial charge in [0.25, 0.3) is 0 Å². The van der Waals surface area contributed by atoms with Crippen LogP contribution in [0.1, 0.15) is 11.9 Å². The van der Waals surface area contributed by atoms with Crippen LogP contribution < -0.4 is 5.32 Å². The molecule has 0 bridgehead atoms. The fourth-order valence-electron chi connectivity index (χ4n) is 0.747. The number of hydrogen-bond acceptors (Lipinski definition) is 3. The van der Waals surface area contributed by atoms with Gasteiger partial charge in [0.1, 0.15) is 5.01 Å². The summed E-state index contributed by atoms with van der Waals surface area (Å²) < 4.78 is 0. The van der Waals surface area contributed by atoms with Crippen LogP contribution in [0.2, 0.25) is 0 Å². The molecule has 1 unspecified atom stereocenters. The monoisotopic (exact) mass is 218 g/mol. The number of halogens is 1. The van der Waals surface area contributed by atoms with Crippen molar-refractivity contribution in [3.63, 3.8) is 0 Å². The summed E-state index contributed by atoms with van der Waals surface area (Å²) in [4.78, 5) is 15.3. The van der Waals surface area contributed by atoms with Crippen LogP contribution in [0, 0.1) is 5.92 Å². The Morgan fingerprint density at radius 2 is 2.62 bits per heavy atom. The standard InChI is InChI=1S/C8H11ClN2OS/c1-6(4-9)8(12)11-5-7-10-2-3-13-7/h2-3,6H,4-5H2,1H3,(H,11,12). The lowest BCUT2D eigenvalue weighted by Gasteiger charge is -2.06. The molecule has 0 saturated heterocycles. The Morgan fingerprint density at radius 1 is 1.85 bits per heavy atom. The first-order chi connectivity index (χ1) is 6.24. The Hall–Kier alpha value is -0.610. The number of alkyl halides is 1. The van der Waals surface area contributed by atoms with E-state index in [9.17, 15) is 4.79 Å². The van der Waals surface area contributed by atoms with Gasteiger partial charge in [-0.25, -0.2) is 4.98 Å². The third kappa shape index (κ3) is 3.32. The van der Waals surface area contributed by atoms with Crippen molar-refractivity contribution in [2.75, 3.05) is 5.88 Å². The van der Waals surface area contributed by atoms with Crippen molar-refractivity contribution < 1.29 is 4.79 Å². The van der Waals surface area contributed by atoms with E-state index in [4.69, 9.17) is 11.6 Å². The van der Waals surface area contributed by atoms with Gasteiger partial charge in [-0.3, -0.25) is 4.79 Å². The first-order valence-electron chi connectivity index (χ1n) is 3.96. The second-order valence-electron chi connectivity index (χ2n) is 2.70. The van der Waals surface area contributed by atoms with Crippen molar-refractivity contribution in [3.8, 4) is 0 Å². The summed E-state index contributed by atoms with van der Waals surface area (Å²) in [6, 6.07) is 0. The van der Waals surface area contributed by atoms with Gasteiger partial charge in [0.05, 0.1) is 6.54 Å². The molecule has 13 heavy (non-hydrogen) atoms. The van der Waals surface area contributed by atoms with E-state index in [1.54, 1.807) is 13.1 Å². The minimum atomic E-state index is -0.137. The maximum absolute atomic E-state index is 11.3. The number of nitrogens with zero attached hydrogens (tertiary/aromatic N) is 1. The molecule has 0 spiro atoms. The van der Waals surface area contributed by atoms with Crippen molar-refractivity contribution in [2.24, 2.45) is 5.92 Å². The minimum absolute atomic E-state index is 0.0230. The van der Waals surface area contributed by atoms with E-state index >= 15 is 0 Å². The summed E-state index contributed by atoms with van der Waals surface area (Å²) in [6.45, 7) is 2.29. The van der Waals surface area contributed by atoms with Crippen LogP contribution in [0.25, 0.3) is 0 Å². The zero-order chi connectivity index (χ0) is 9.68. The molecule has 5 heteroatoms. The van der Waals surface area contributed by atoms with E-state index in [0.29, 0.717) is 12.4 Å². The maximum Gasteiger partial charge on any atom is 0.224 e. The van der Waals surface area contributed by atoms with Gasteiger partial charge in [0, 0.05) is 23.4 Å². The largest absolute Gasteiger partial charge is 0.349 e. The normalized spacial score (nSPS) is 12.5. The van der Waals surface area contributed by atoms with Crippen LogP contribution in [0.5, 0.6) is 0 Å². The number of carbonyl (C=O) groups is 1. The summed E-state index contributed by atoms with van der Waals surface area (Å²) in [7, 11) is 0. The molecule has 1 atom stereocenters. The molecule has 0 aliphatic rings. The third-order valence-electron chi connectivity index (χ3n) is 1.58. The quantitative estimate of drug-likeness (QED) is 0.781. The Labute approximate surface area is 86.1 Å². The Bertz CT molecular complexity index is 263. The number of amides is 1. The molecule has 1 N–H and O–H groups in total. The molecular formula is C8H11ClN2OS. The highest BCUT2D eigenvalue weighted by atomic mass is 35.5. The van der Waals surface area contributed by atoms with Crippen LogP contribution >= 0.6 is 22.9 Å². The second-order valence-corrected chi connectivity index (χ2v) is 3.99. The topological polar surface area (TPSA) is 42.0 Å². The second kappa shape index (κ2) is 5.19. The SMILES string of the molecule is CC(CCl)C(=O)NCc1nccs1. The molecule has 0 radical (unpaired) electrons. The number of hydrogen-bond donors (Lipinski definition) is 1. The molecule has 1 aromatic rings. The molecule has 0 fully saturated rings. The number of nitrogens with one attached hydrogen (secondary N) is 1. The lowest BCUT2D eigenvalue weighted by Crippen LogP contribution is -2.29. The van der Waals surface area contributed by atoms with Crippen molar-refractivity contribution in [1.29, 1.82) is 0 Å². The van der Waals surface area contributed by atoms with Gasteiger partial charge in [0.15, 0.2) is 0 Å². The molecule has 1 rings (SSSR count).